The molecule has 0 saturated heterocycles. The van der Waals surface area contributed by atoms with E-state index in [0.717, 1.165) is 36.8 Å². The summed E-state index contributed by atoms with van der Waals surface area (Å²) >= 11 is 0. The van der Waals surface area contributed by atoms with Crippen molar-refractivity contribution in [2.75, 3.05) is 19.5 Å². The predicted molar refractivity (Wildman–Crippen MR) is 147 cm³/mol. The highest BCUT2D eigenvalue weighted by atomic mass is 16.5. The second-order valence-corrected chi connectivity index (χ2v) is 10.5. The first-order valence-corrected chi connectivity index (χ1v) is 13.0. The van der Waals surface area contributed by atoms with Gasteiger partial charge in [0, 0.05) is 25.1 Å². The number of ether oxygens (including phenoxy) is 3. The number of rotatable bonds is 13. The van der Waals surface area contributed by atoms with Gasteiger partial charge in [-0.3, -0.25) is 9.59 Å². The van der Waals surface area contributed by atoms with Gasteiger partial charge in [-0.25, -0.2) is 4.79 Å². The molecular formula is C30H41NO7. The summed E-state index contributed by atoms with van der Waals surface area (Å²) in [6, 6.07) is 8.79. The van der Waals surface area contributed by atoms with E-state index in [9.17, 15) is 19.5 Å². The van der Waals surface area contributed by atoms with Gasteiger partial charge in [0.1, 0.15) is 18.1 Å². The van der Waals surface area contributed by atoms with Gasteiger partial charge >= 0.3 is 11.9 Å². The van der Waals surface area contributed by atoms with E-state index in [1.54, 1.807) is 13.2 Å². The maximum atomic E-state index is 13.4. The molecule has 0 bridgehead atoms. The zero-order valence-corrected chi connectivity index (χ0v) is 23.6. The van der Waals surface area contributed by atoms with Crippen LogP contribution in [0.5, 0.6) is 11.5 Å². The molecule has 38 heavy (non-hydrogen) atoms. The zero-order chi connectivity index (χ0) is 28.5. The predicted octanol–water partition coefficient (Wildman–Crippen LogP) is 6.46. The number of esters is 1. The van der Waals surface area contributed by atoms with E-state index in [-0.39, 0.29) is 36.4 Å². The monoisotopic (exact) mass is 527 g/mol. The lowest BCUT2D eigenvalue weighted by Crippen LogP contribution is -2.23. The molecule has 0 aliphatic heterocycles. The molecule has 2 N–H and O–H groups in total. The van der Waals surface area contributed by atoms with Crippen LogP contribution >= 0.6 is 0 Å². The zero-order valence-electron chi connectivity index (χ0n) is 23.6. The summed E-state index contributed by atoms with van der Waals surface area (Å²) in [7, 11) is 3.04. The van der Waals surface area contributed by atoms with Gasteiger partial charge in [-0.05, 0) is 46.6 Å². The molecule has 0 saturated carbocycles. The smallest absolute Gasteiger partial charge is 0.336 e. The lowest BCUT2D eigenvalue weighted by molar-refractivity contribution is -0.142. The molecule has 0 radical (unpaired) electrons. The Morgan fingerprint density at radius 1 is 1.03 bits per heavy atom. The summed E-state index contributed by atoms with van der Waals surface area (Å²) < 4.78 is 16.1. The lowest BCUT2D eigenvalue weighted by Gasteiger charge is -2.26. The minimum absolute atomic E-state index is 0.0942. The average molecular weight is 528 g/mol. The van der Waals surface area contributed by atoms with Crippen LogP contribution in [0.25, 0.3) is 0 Å². The first kappa shape index (κ1) is 30.7. The van der Waals surface area contributed by atoms with E-state index in [1.165, 1.54) is 20.1 Å². The number of methoxy groups -OCH3 is 2. The number of hydrogen-bond acceptors (Lipinski definition) is 6. The molecular weight excluding hydrogens is 486 g/mol. The minimum atomic E-state index is -1.08. The second kappa shape index (κ2) is 13.8. The number of carboxylic acid groups (broad SMARTS) is 1. The van der Waals surface area contributed by atoms with Crippen LogP contribution in [0.3, 0.4) is 0 Å². The number of nitrogens with one attached hydrogen (secondary N) is 1. The molecule has 0 aliphatic carbocycles. The Morgan fingerprint density at radius 2 is 1.74 bits per heavy atom. The second-order valence-electron chi connectivity index (χ2n) is 10.5. The molecule has 0 heterocycles. The van der Waals surface area contributed by atoms with Crippen LogP contribution in [0.15, 0.2) is 30.3 Å². The highest BCUT2D eigenvalue weighted by Gasteiger charge is 2.28. The van der Waals surface area contributed by atoms with Crippen molar-refractivity contribution in [1.82, 2.24) is 0 Å². The van der Waals surface area contributed by atoms with Crippen molar-refractivity contribution in [1.29, 1.82) is 0 Å². The molecule has 1 atom stereocenters. The van der Waals surface area contributed by atoms with Gasteiger partial charge in [0.15, 0.2) is 0 Å². The number of amides is 1. The first-order valence-electron chi connectivity index (χ1n) is 13.0. The van der Waals surface area contributed by atoms with E-state index in [0.29, 0.717) is 22.7 Å². The van der Waals surface area contributed by atoms with Gasteiger partial charge in [-0.15, -0.1) is 0 Å². The number of unbranched alkanes of at least 4 members (excludes halogenated alkanes) is 2. The fraction of sp³-hybridized carbons (Fsp3) is 0.500. The maximum absolute atomic E-state index is 13.4. The highest BCUT2D eigenvalue weighted by Crippen LogP contribution is 2.38. The number of anilines is 1. The Hall–Kier alpha value is -3.55. The van der Waals surface area contributed by atoms with Crippen molar-refractivity contribution in [2.45, 2.75) is 84.7 Å². The normalized spacial score (nSPS) is 12.0. The summed E-state index contributed by atoms with van der Waals surface area (Å²) in [6.45, 7) is 9.36. The third-order valence-electron chi connectivity index (χ3n) is 6.37. The molecule has 0 aliphatic rings. The number of carbonyl (C=O) groups excluding carboxylic acids is 2. The van der Waals surface area contributed by atoms with E-state index >= 15 is 0 Å². The van der Waals surface area contributed by atoms with Crippen molar-refractivity contribution in [3.05, 3.63) is 52.6 Å². The summed E-state index contributed by atoms with van der Waals surface area (Å²) in [4.78, 5) is 36.7. The third-order valence-corrected chi connectivity index (χ3v) is 6.37. The van der Waals surface area contributed by atoms with Crippen molar-refractivity contribution < 1.29 is 33.7 Å². The van der Waals surface area contributed by atoms with Crippen molar-refractivity contribution in [2.24, 2.45) is 0 Å². The molecule has 1 unspecified atom stereocenters. The van der Waals surface area contributed by atoms with Crippen LogP contribution in [0.2, 0.25) is 0 Å². The molecule has 0 aromatic heterocycles. The fourth-order valence-corrected chi connectivity index (χ4v) is 4.61. The van der Waals surface area contributed by atoms with Gasteiger partial charge in [0.25, 0.3) is 0 Å². The Labute approximate surface area is 225 Å². The van der Waals surface area contributed by atoms with Crippen LogP contribution < -0.4 is 14.8 Å². The van der Waals surface area contributed by atoms with E-state index < -0.39 is 11.4 Å². The lowest BCUT2D eigenvalue weighted by atomic mass is 9.82. The van der Waals surface area contributed by atoms with Crippen LogP contribution in [0.4, 0.5) is 5.69 Å². The molecule has 8 heteroatoms. The van der Waals surface area contributed by atoms with Gasteiger partial charge in [-0.1, -0.05) is 59.1 Å². The topological polar surface area (TPSA) is 111 Å². The van der Waals surface area contributed by atoms with E-state index in [2.05, 4.69) is 12.2 Å². The molecule has 0 fully saturated rings. The molecule has 208 valence electrons. The van der Waals surface area contributed by atoms with Gasteiger partial charge < -0.3 is 24.6 Å². The summed E-state index contributed by atoms with van der Waals surface area (Å²) in [5.41, 5.74) is 2.22. The quantitative estimate of drug-likeness (QED) is 0.227. The molecule has 2 aromatic rings. The minimum Gasteiger partial charge on any atom is -0.497 e. The van der Waals surface area contributed by atoms with Crippen molar-refractivity contribution in [3.63, 3.8) is 0 Å². The molecule has 8 nitrogen and oxygen atoms in total. The third kappa shape index (κ3) is 8.50. The number of carbonyl (C=O) groups is 3. The van der Waals surface area contributed by atoms with Crippen LogP contribution in [-0.2, 0) is 26.3 Å². The first-order chi connectivity index (χ1) is 17.9. The highest BCUT2D eigenvalue weighted by molar-refractivity contribution is 5.97. The maximum Gasteiger partial charge on any atom is 0.336 e. The van der Waals surface area contributed by atoms with Gasteiger partial charge in [0.2, 0.25) is 5.91 Å². The summed E-state index contributed by atoms with van der Waals surface area (Å²) in [5.74, 6) is -0.806. The van der Waals surface area contributed by atoms with Gasteiger partial charge in [0.05, 0.1) is 19.8 Å². The summed E-state index contributed by atoms with van der Waals surface area (Å²) in [5, 5.41) is 12.8. The number of aromatic carboxylic acids is 1. The fourth-order valence-electron chi connectivity index (χ4n) is 4.61. The van der Waals surface area contributed by atoms with E-state index in [4.69, 9.17) is 14.2 Å². The van der Waals surface area contributed by atoms with Crippen LogP contribution in [0.1, 0.15) is 99.7 Å². The average Bonchev–Trinajstić information content (AvgIpc) is 2.85. The summed E-state index contributed by atoms with van der Waals surface area (Å²) in [6.07, 6.45) is 4.01. The molecule has 2 aromatic carbocycles. The number of benzene rings is 2. The molecule has 2 rings (SSSR count). The number of carboxylic acids is 1. The number of hydrogen-bond donors (Lipinski definition) is 2. The van der Waals surface area contributed by atoms with Crippen molar-refractivity contribution in [3.8, 4) is 11.5 Å². The van der Waals surface area contributed by atoms with E-state index in [1.807, 2.05) is 39.0 Å². The van der Waals surface area contributed by atoms with Gasteiger partial charge in [-0.2, -0.15) is 0 Å². The largest absolute Gasteiger partial charge is 0.497 e. The molecule has 1 amide bonds. The SMILES string of the molecule is CCCCCC(CC(=O)Nc1cc(OC)cc(C(=O)O)c1C(C)(C)C)c1ccc(COC(C)=O)cc1OC. The van der Waals surface area contributed by atoms with Crippen LogP contribution in [0, 0.1) is 0 Å². The van der Waals surface area contributed by atoms with Crippen molar-refractivity contribution >= 4 is 23.5 Å². The Kier molecular flexibility index (Phi) is 11.2. The standard InChI is InChI=1S/C30H41NO7/c1-8-9-10-11-21(23-13-12-20(14-26(23)37-7)18-38-19(2)32)15-27(33)31-25-17-22(36-6)16-24(29(34)35)28(25)30(3,4)5/h12-14,16-17,21H,8-11,15,18H2,1-7H3,(H,31,33)(H,34,35). The Balaban J connectivity index is 2.41. The molecule has 0 spiro atoms. The van der Waals surface area contributed by atoms with Crippen LogP contribution in [-0.4, -0.2) is 37.2 Å². The Morgan fingerprint density at radius 3 is 2.29 bits per heavy atom. The Bertz CT molecular complexity index is 1130.